The molecule has 2 fully saturated rings. The van der Waals surface area contributed by atoms with E-state index in [0.717, 1.165) is 63.5 Å². The molecule has 134 valence electrons. The fraction of sp³-hybridized carbons (Fsp3) is 0.650. The fourth-order valence-electron chi connectivity index (χ4n) is 3.94. The monoisotopic (exact) mass is 340 g/mol. The topological polar surface area (TPSA) is 60.2 Å². The van der Waals surface area contributed by atoms with E-state index in [1.54, 1.807) is 6.20 Å². The molecule has 2 aliphatic heterocycles. The van der Waals surface area contributed by atoms with Crippen molar-refractivity contribution in [2.24, 2.45) is 5.92 Å². The summed E-state index contributed by atoms with van der Waals surface area (Å²) in [5.41, 5.74) is 1.68. The lowest BCUT2D eigenvalue weighted by Crippen LogP contribution is -2.51. The van der Waals surface area contributed by atoms with Crippen LogP contribution in [0.4, 0.5) is 0 Å². The number of pyridine rings is 1. The maximum absolute atomic E-state index is 12.8. The average molecular weight is 340 g/mol. The Kier molecular flexibility index (Phi) is 5.70. The van der Waals surface area contributed by atoms with E-state index in [2.05, 4.69) is 34.7 Å². The third-order valence-electron chi connectivity index (χ3n) is 5.86. The fourth-order valence-corrected chi connectivity index (χ4v) is 3.94. The minimum Gasteiger partial charge on any atom is -0.341 e. The van der Waals surface area contributed by atoms with Gasteiger partial charge in [0.1, 0.15) is 6.07 Å². The zero-order chi connectivity index (χ0) is 17.8. The molecular formula is C20H28N4O. The second kappa shape index (κ2) is 7.97. The third kappa shape index (κ3) is 4.19. The highest BCUT2D eigenvalue weighted by Crippen LogP contribution is 2.28. The first-order valence-corrected chi connectivity index (χ1v) is 9.47. The Labute approximate surface area is 150 Å². The predicted octanol–water partition coefficient (Wildman–Crippen LogP) is 2.78. The SMILES string of the molecule is CC1CCN(C(=O)C(C)N2CCC(c3ccc(C#N)cn3)CC2)CC1. The highest BCUT2D eigenvalue weighted by Gasteiger charge is 2.31. The van der Waals surface area contributed by atoms with Gasteiger partial charge in [-0.25, -0.2) is 0 Å². The van der Waals surface area contributed by atoms with Crippen molar-refractivity contribution in [3.05, 3.63) is 29.6 Å². The lowest BCUT2D eigenvalue weighted by atomic mass is 9.92. The first kappa shape index (κ1) is 17.9. The number of hydrogen-bond donors (Lipinski definition) is 0. The van der Waals surface area contributed by atoms with Crippen molar-refractivity contribution in [3.63, 3.8) is 0 Å². The molecule has 5 nitrogen and oxygen atoms in total. The van der Waals surface area contributed by atoms with Gasteiger partial charge in [-0.2, -0.15) is 5.26 Å². The summed E-state index contributed by atoms with van der Waals surface area (Å²) in [6.45, 7) is 8.02. The van der Waals surface area contributed by atoms with Gasteiger partial charge < -0.3 is 4.90 Å². The molecule has 0 N–H and O–H groups in total. The van der Waals surface area contributed by atoms with Crippen molar-refractivity contribution in [2.75, 3.05) is 26.2 Å². The molecule has 5 heteroatoms. The average Bonchev–Trinajstić information content (AvgIpc) is 2.67. The summed E-state index contributed by atoms with van der Waals surface area (Å²) in [4.78, 5) is 21.6. The zero-order valence-electron chi connectivity index (χ0n) is 15.3. The number of nitriles is 1. The normalized spacial score (nSPS) is 21.7. The molecule has 25 heavy (non-hydrogen) atoms. The van der Waals surface area contributed by atoms with Gasteiger partial charge in [-0.15, -0.1) is 0 Å². The van der Waals surface area contributed by atoms with Crippen LogP contribution in [0.3, 0.4) is 0 Å². The number of hydrogen-bond acceptors (Lipinski definition) is 4. The summed E-state index contributed by atoms with van der Waals surface area (Å²) in [5.74, 6) is 1.47. The number of piperidine rings is 2. The van der Waals surface area contributed by atoms with Gasteiger partial charge in [-0.1, -0.05) is 6.92 Å². The summed E-state index contributed by atoms with van der Waals surface area (Å²) < 4.78 is 0. The summed E-state index contributed by atoms with van der Waals surface area (Å²) in [6, 6.07) is 5.91. The van der Waals surface area contributed by atoms with Gasteiger partial charge >= 0.3 is 0 Å². The molecule has 1 amide bonds. The van der Waals surface area contributed by atoms with Crippen LogP contribution in [-0.4, -0.2) is 52.9 Å². The van der Waals surface area contributed by atoms with E-state index in [0.29, 0.717) is 17.4 Å². The van der Waals surface area contributed by atoms with Crippen LogP contribution in [0.1, 0.15) is 56.7 Å². The highest BCUT2D eigenvalue weighted by molar-refractivity contribution is 5.81. The molecule has 1 aromatic rings. The van der Waals surface area contributed by atoms with E-state index in [4.69, 9.17) is 5.26 Å². The molecule has 3 rings (SSSR count). The zero-order valence-corrected chi connectivity index (χ0v) is 15.3. The summed E-state index contributed by atoms with van der Waals surface area (Å²) in [6.07, 6.45) is 5.96. The van der Waals surface area contributed by atoms with Gasteiger partial charge in [0, 0.05) is 30.9 Å². The van der Waals surface area contributed by atoms with Gasteiger partial charge in [0.15, 0.2) is 0 Å². The van der Waals surface area contributed by atoms with E-state index in [-0.39, 0.29) is 6.04 Å². The Bertz CT molecular complexity index is 620. The van der Waals surface area contributed by atoms with Gasteiger partial charge in [0.25, 0.3) is 0 Å². The van der Waals surface area contributed by atoms with Crippen molar-refractivity contribution in [3.8, 4) is 6.07 Å². The Morgan fingerprint density at radius 2 is 1.88 bits per heavy atom. The molecule has 0 radical (unpaired) electrons. The molecule has 1 unspecified atom stereocenters. The van der Waals surface area contributed by atoms with Crippen LogP contribution in [0.15, 0.2) is 18.3 Å². The number of carbonyl (C=O) groups excluding carboxylic acids is 1. The van der Waals surface area contributed by atoms with E-state index < -0.39 is 0 Å². The van der Waals surface area contributed by atoms with E-state index in [9.17, 15) is 4.79 Å². The van der Waals surface area contributed by atoms with Crippen molar-refractivity contribution in [1.29, 1.82) is 5.26 Å². The largest absolute Gasteiger partial charge is 0.341 e. The number of likely N-dealkylation sites (tertiary alicyclic amines) is 2. The maximum Gasteiger partial charge on any atom is 0.239 e. The predicted molar refractivity (Wildman–Crippen MR) is 96.9 cm³/mol. The number of carbonyl (C=O) groups is 1. The Balaban J connectivity index is 1.52. The molecule has 2 aliphatic rings. The smallest absolute Gasteiger partial charge is 0.239 e. The van der Waals surface area contributed by atoms with E-state index in [1.165, 1.54) is 0 Å². The van der Waals surface area contributed by atoms with Gasteiger partial charge in [-0.3, -0.25) is 14.7 Å². The second-order valence-corrected chi connectivity index (χ2v) is 7.58. The molecule has 0 saturated carbocycles. The summed E-state index contributed by atoms with van der Waals surface area (Å²) >= 11 is 0. The summed E-state index contributed by atoms with van der Waals surface area (Å²) in [5, 5.41) is 8.88. The summed E-state index contributed by atoms with van der Waals surface area (Å²) in [7, 11) is 0. The van der Waals surface area contributed by atoms with Crippen molar-refractivity contribution in [1.82, 2.24) is 14.8 Å². The standard InChI is InChI=1S/C20H28N4O/c1-15-5-9-24(10-6-15)20(25)16(2)23-11-7-18(8-12-23)19-4-3-17(13-21)14-22-19/h3-4,14-16,18H,5-12H2,1-2H3. The molecule has 1 atom stereocenters. The van der Waals surface area contributed by atoms with Crippen LogP contribution >= 0.6 is 0 Å². The maximum atomic E-state index is 12.8. The van der Waals surface area contributed by atoms with Crippen LogP contribution in [0, 0.1) is 17.2 Å². The van der Waals surface area contributed by atoms with Crippen LogP contribution in [0.5, 0.6) is 0 Å². The first-order chi connectivity index (χ1) is 12.1. The number of aromatic nitrogens is 1. The molecule has 0 aliphatic carbocycles. The van der Waals surface area contributed by atoms with Gasteiger partial charge in [0.05, 0.1) is 11.6 Å². The highest BCUT2D eigenvalue weighted by atomic mass is 16.2. The first-order valence-electron chi connectivity index (χ1n) is 9.47. The number of nitrogens with zero attached hydrogens (tertiary/aromatic N) is 4. The lowest BCUT2D eigenvalue weighted by molar-refractivity contribution is -0.138. The number of rotatable bonds is 3. The van der Waals surface area contributed by atoms with Crippen LogP contribution in [0.25, 0.3) is 0 Å². The van der Waals surface area contributed by atoms with Crippen molar-refractivity contribution < 1.29 is 4.79 Å². The van der Waals surface area contributed by atoms with Crippen LogP contribution in [-0.2, 0) is 4.79 Å². The second-order valence-electron chi connectivity index (χ2n) is 7.58. The van der Waals surface area contributed by atoms with Gasteiger partial charge in [0.2, 0.25) is 5.91 Å². The molecular weight excluding hydrogens is 312 g/mol. The van der Waals surface area contributed by atoms with E-state index in [1.807, 2.05) is 12.1 Å². The molecule has 0 bridgehead atoms. The lowest BCUT2D eigenvalue weighted by Gasteiger charge is -2.39. The molecule has 0 aromatic carbocycles. The molecule has 2 saturated heterocycles. The Hall–Kier alpha value is -1.93. The van der Waals surface area contributed by atoms with Crippen molar-refractivity contribution >= 4 is 5.91 Å². The van der Waals surface area contributed by atoms with Crippen LogP contribution in [0.2, 0.25) is 0 Å². The molecule has 0 spiro atoms. The quantitative estimate of drug-likeness (QED) is 0.849. The minimum atomic E-state index is -0.0247. The molecule has 3 heterocycles. The third-order valence-corrected chi connectivity index (χ3v) is 5.86. The van der Waals surface area contributed by atoms with Gasteiger partial charge in [-0.05, 0) is 63.7 Å². The van der Waals surface area contributed by atoms with Crippen LogP contribution < -0.4 is 0 Å². The van der Waals surface area contributed by atoms with Crippen molar-refractivity contribution in [2.45, 2.75) is 51.5 Å². The Morgan fingerprint density at radius 3 is 2.44 bits per heavy atom. The molecule has 1 aromatic heterocycles. The van der Waals surface area contributed by atoms with E-state index >= 15 is 0 Å². The minimum absolute atomic E-state index is 0.0247. The number of amides is 1. The Morgan fingerprint density at radius 1 is 1.20 bits per heavy atom.